The molecular weight excluding hydrogens is 354 g/mol. The topological polar surface area (TPSA) is 75.6 Å². The van der Waals surface area contributed by atoms with Crippen LogP contribution in [0, 0.1) is 17.3 Å². The van der Waals surface area contributed by atoms with E-state index in [1.807, 2.05) is 0 Å². The second kappa shape index (κ2) is 6.24. The molecule has 0 radical (unpaired) electrons. The van der Waals surface area contributed by atoms with E-state index in [-0.39, 0.29) is 11.9 Å². The quantitative estimate of drug-likeness (QED) is 0.787. The van der Waals surface area contributed by atoms with Crippen LogP contribution in [0.4, 0.5) is 5.69 Å². The molecule has 5 nitrogen and oxygen atoms in total. The molecule has 1 aromatic carbocycles. The molecule has 2 unspecified atom stereocenters. The third-order valence-electron chi connectivity index (χ3n) is 6.21. The minimum atomic E-state index is -0.899. The molecule has 140 valence electrons. The number of hydrogen-bond donors (Lipinski definition) is 2. The van der Waals surface area contributed by atoms with Crippen molar-refractivity contribution in [3.05, 3.63) is 29.3 Å². The Balaban J connectivity index is 1.42. The summed E-state index contributed by atoms with van der Waals surface area (Å²) in [4.78, 5) is 25.3. The first-order valence-electron chi connectivity index (χ1n) is 9.27. The van der Waals surface area contributed by atoms with Crippen LogP contribution in [0.5, 0.6) is 0 Å². The van der Waals surface area contributed by atoms with Gasteiger partial charge in [-0.15, -0.1) is 0 Å². The number of esters is 1. The van der Waals surface area contributed by atoms with Gasteiger partial charge in [0, 0.05) is 10.7 Å². The van der Waals surface area contributed by atoms with Crippen molar-refractivity contribution < 1.29 is 19.4 Å². The van der Waals surface area contributed by atoms with Gasteiger partial charge in [0.25, 0.3) is 5.91 Å². The van der Waals surface area contributed by atoms with Gasteiger partial charge in [0.15, 0.2) is 6.10 Å². The van der Waals surface area contributed by atoms with Crippen LogP contribution in [-0.2, 0) is 14.3 Å². The molecule has 0 spiro atoms. The standard InChI is InChI=1S/C20H24ClNO4/c1-12(17(23)22-16-4-2-3-15(21)6-16)26-18(24)19-7-13-5-14(8-19)10-20(25,9-13)11-19/h2-4,6,12-14,25H,5,7-11H2,1H3,(H,22,23)/t12-,13-,14+,19?,20?/m0/s1. The second-order valence-corrected chi connectivity index (χ2v) is 8.95. The first-order valence-corrected chi connectivity index (χ1v) is 9.65. The van der Waals surface area contributed by atoms with Crippen LogP contribution in [0.15, 0.2) is 24.3 Å². The second-order valence-electron chi connectivity index (χ2n) is 8.51. The average molecular weight is 378 g/mol. The normalized spacial score (nSPS) is 35.8. The molecule has 0 aliphatic heterocycles. The monoisotopic (exact) mass is 377 g/mol. The van der Waals surface area contributed by atoms with Crippen LogP contribution in [0.1, 0.15) is 45.4 Å². The van der Waals surface area contributed by atoms with Crippen molar-refractivity contribution in [3.63, 3.8) is 0 Å². The molecule has 5 rings (SSSR count). The molecule has 4 saturated carbocycles. The average Bonchev–Trinajstić information content (AvgIpc) is 2.52. The Morgan fingerprint density at radius 2 is 1.96 bits per heavy atom. The summed E-state index contributed by atoms with van der Waals surface area (Å²) in [6.45, 7) is 1.58. The van der Waals surface area contributed by atoms with Crippen LogP contribution >= 0.6 is 11.6 Å². The van der Waals surface area contributed by atoms with E-state index in [9.17, 15) is 14.7 Å². The Labute approximate surface area is 158 Å². The zero-order valence-electron chi connectivity index (χ0n) is 14.8. The van der Waals surface area contributed by atoms with E-state index >= 15 is 0 Å². The van der Waals surface area contributed by atoms with Gasteiger partial charge in [0.1, 0.15) is 0 Å². The summed E-state index contributed by atoms with van der Waals surface area (Å²) in [6.07, 6.45) is 3.80. The Kier molecular flexibility index (Phi) is 4.27. The molecule has 6 heteroatoms. The number of aliphatic hydroxyl groups is 1. The highest BCUT2D eigenvalue weighted by molar-refractivity contribution is 6.30. The van der Waals surface area contributed by atoms with Crippen molar-refractivity contribution >= 4 is 29.2 Å². The molecule has 2 N–H and O–H groups in total. The fraction of sp³-hybridized carbons (Fsp3) is 0.600. The van der Waals surface area contributed by atoms with E-state index in [1.165, 1.54) is 0 Å². The van der Waals surface area contributed by atoms with Crippen molar-refractivity contribution in [3.8, 4) is 0 Å². The Hall–Kier alpha value is -1.59. The van der Waals surface area contributed by atoms with E-state index in [0.29, 0.717) is 29.0 Å². The van der Waals surface area contributed by atoms with Crippen molar-refractivity contribution in [2.24, 2.45) is 17.3 Å². The number of benzene rings is 1. The number of amides is 1. The van der Waals surface area contributed by atoms with Gasteiger partial charge in [-0.2, -0.15) is 0 Å². The van der Waals surface area contributed by atoms with Crippen LogP contribution in [0.25, 0.3) is 0 Å². The Bertz CT molecular complexity index is 735. The van der Waals surface area contributed by atoms with Gasteiger partial charge in [0.05, 0.1) is 11.0 Å². The lowest BCUT2D eigenvalue weighted by Gasteiger charge is -2.58. The predicted octanol–water partition coefficient (Wildman–Crippen LogP) is 3.54. The van der Waals surface area contributed by atoms with Crippen molar-refractivity contribution in [2.45, 2.75) is 57.2 Å². The molecule has 1 amide bonds. The number of rotatable bonds is 4. The highest BCUT2D eigenvalue weighted by Crippen LogP contribution is 2.62. The Morgan fingerprint density at radius 3 is 2.58 bits per heavy atom. The summed E-state index contributed by atoms with van der Waals surface area (Å²) in [7, 11) is 0. The van der Waals surface area contributed by atoms with Gasteiger partial charge < -0.3 is 15.2 Å². The number of carbonyl (C=O) groups excluding carboxylic acids is 2. The lowest BCUT2D eigenvalue weighted by Crippen LogP contribution is -2.59. The summed E-state index contributed by atoms with van der Waals surface area (Å²) < 4.78 is 5.55. The number of hydrogen-bond acceptors (Lipinski definition) is 4. The first kappa shape index (κ1) is 17.8. The van der Waals surface area contributed by atoms with Crippen LogP contribution in [0.2, 0.25) is 5.02 Å². The molecule has 4 fully saturated rings. The molecule has 4 aliphatic carbocycles. The van der Waals surface area contributed by atoms with Crippen LogP contribution < -0.4 is 5.32 Å². The number of nitrogens with one attached hydrogen (secondary N) is 1. The zero-order valence-corrected chi connectivity index (χ0v) is 15.6. The maximum absolute atomic E-state index is 12.9. The fourth-order valence-corrected chi connectivity index (χ4v) is 5.79. The molecule has 1 aromatic rings. The van der Waals surface area contributed by atoms with Gasteiger partial charge in [-0.05, 0) is 75.5 Å². The lowest BCUT2D eigenvalue weighted by atomic mass is 9.48. The zero-order chi connectivity index (χ0) is 18.5. The predicted molar refractivity (Wildman–Crippen MR) is 97.7 cm³/mol. The maximum Gasteiger partial charge on any atom is 0.312 e. The molecule has 0 saturated heterocycles. The summed E-state index contributed by atoms with van der Waals surface area (Å²) in [5.74, 6) is 0.0663. The largest absolute Gasteiger partial charge is 0.452 e. The molecule has 4 bridgehead atoms. The molecule has 4 aliphatic rings. The van der Waals surface area contributed by atoms with Crippen LogP contribution in [0.3, 0.4) is 0 Å². The lowest BCUT2D eigenvalue weighted by molar-refractivity contribution is -0.199. The summed E-state index contributed by atoms with van der Waals surface area (Å²) in [5, 5.41) is 14.0. The smallest absolute Gasteiger partial charge is 0.312 e. The number of anilines is 1. The SMILES string of the molecule is C[C@H](OC(=O)C12C[C@@H]3C[C@@H](CC(O)(C3)C1)C2)C(=O)Nc1cccc(Cl)c1. The molecule has 26 heavy (non-hydrogen) atoms. The highest BCUT2D eigenvalue weighted by atomic mass is 35.5. The molecule has 0 aromatic heterocycles. The van der Waals surface area contributed by atoms with Gasteiger partial charge in [-0.25, -0.2) is 0 Å². The van der Waals surface area contributed by atoms with Gasteiger partial charge >= 0.3 is 5.97 Å². The fourth-order valence-electron chi connectivity index (χ4n) is 5.60. The Morgan fingerprint density at radius 1 is 1.27 bits per heavy atom. The van der Waals surface area contributed by atoms with E-state index in [1.54, 1.807) is 31.2 Å². The molecule has 5 atom stereocenters. The summed E-state index contributed by atoms with van der Waals surface area (Å²) in [5.41, 5.74) is -0.784. The number of halogens is 1. The maximum atomic E-state index is 12.9. The van der Waals surface area contributed by atoms with E-state index in [4.69, 9.17) is 16.3 Å². The minimum Gasteiger partial charge on any atom is -0.452 e. The number of carbonyl (C=O) groups is 2. The third-order valence-corrected chi connectivity index (χ3v) is 6.44. The van der Waals surface area contributed by atoms with E-state index < -0.39 is 17.1 Å². The van der Waals surface area contributed by atoms with Crippen molar-refractivity contribution in [2.75, 3.05) is 5.32 Å². The third kappa shape index (κ3) is 3.23. The van der Waals surface area contributed by atoms with Gasteiger partial charge in [-0.1, -0.05) is 17.7 Å². The minimum absolute atomic E-state index is 0.334. The van der Waals surface area contributed by atoms with Crippen molar-refractivity contribution in [1.82, 2.24) is 0 Å². The van der Waals surface area contributed by atoms with Crippen molar-refractivity contribution in [1.29, 1.82) is 0 Å². The summed E-state index contributed by atoms with van der Waals surface area (Å²) in [6, 6.07) is 6.83. The summed E-state index contributed by atoms with van der Waals surface area (Å²) >= 11 is 5.92. The van der Waals surface area contributed by atoms with E-state index in [2.05, 4.69) is 5.32 Å². The van der Waals surface area contributed by atoms with Gasteiger partial charge in [0.2, 0.25) is 0 Å². The first-order chi connectivity index (χ1) is 12.3. The number of ether oxygens (including phenoxy) is 1. The highest BCUT2D eigenvalue weighted by Gasteiger charge is 2.61. The van der Waals surface area contributed by atoms with E-state index in [0.717, 1.165) is 32.1 Å². The van der Waals surface area contributed by atoms with Crippen LogP contribution in [-0.4, -0.2) is 28.7 Å². The molecular formula is C20H24ClNO4. The van der Waals surface area contributed by atoms with Gasteiger partial charge in [-0.3, -0.25) is 9.59 Å². The molecule has 0 heterocycles.